The van der Waals surface area contributed by atoms with E-state index in [1.54, 1.807) is 50.8 Å². The third kappa shape index (κ3) is 10.9. The normalized spacial score (nSPS) is 13.8. The molecule has 8 heteroatoms. The second-order valence-corrected chi connectivity index (χ2v) is 11.2. The smallest absolute Gasteiger partial charge is 0.408 e. The van der Waals surface area contributed by atoms with E-state index in [2.05, 4.69) is 24.5 Å². The zero-order valence-corrected chi connectivity index (χ0v) is 24.9. The maximum Gasteiger partial charge on any atom is 0.408 e. The molecule has 0 saturated carbocycles. The van der Waals surface area contributed by atoms with Crippen LogP contribution in [0, 0.1) is 12.8 Å². The van der Waals surface area contributed by atoms with Crippen LogP contribution in [0.3, 0.4) is 0 Å². The topological polar surface area (TPSA) is 108 Å². The molecule has 0 heterocycles. The van der Waals surface area contributed by atoms with Crippen molar-refractivity contribution < 1.29 is 24.2 Å². The third-order valence-electron chi connectivity index (χ3n) is 6.61. The first kappa shape index (κ1) is 33.3. The highest BCUT2D eigenvalue weighted by molar-refractivity contribution is 5.92. The number of hydrogen-bond acceptors (Lipinski definition) is 5. The van der Waals surface area contributed by atoms with Crippen molar-refractivity contribution in [3.8, 4) is 5.75 Å². The molecule has 0 aliphatic heterocycles. The Balaban J connectivity index is 3.50. The average molecular weight is 534 g/mol. The van der Waals surface area contributed by atoms with Gasteiger partial charge in [0.1, 0.15) is 23.4 Å². The highest BCUT2D eigenvalue weighted by atomic mass is 16.6. The molecule has 1 rings (SSSR count). The van der Waals surface area contributed by atoms with Crippen LogP contribution in [0.5, 0.6) is 5.75 Å². The molecular weight excluding hydrogens is 482 g/mol. The summed E-state index contributed by atoms with van der Waals surface area (Å²) < 4.78 is 5.46. The van der Waals surface area contributed by atoms with Crippen LogP contribution in [-0.2, 0) is 14.3 Å². The van der Waals surface area contributed by atoms with E-state index in [0.717, 1.165) is 38.5 Å². The number of carbonyl (C=O) groups excluding carboxylic acids is 3. The van der Waals surface area contributed by atoms with Gasteiger partial charge in [-0.15, -0.1) is 0 Å². The molecule has 0 aliphatic carbocycles. The van der Waals surface area contributed by atoms with E-state index in [0.29, 0.717) is 30.6 Å². The summed E-state index contributed by atoms with van der Waals surface area (Å²) in [5.74, 6) is -0.640. The molecule has 8 nitrogen and oxygen atoms in total. The summed E-state index contributed by atoms with van der Waals surface area (Å²) in [4.78, 5) is 42.2. The number of ether oxygens (including phenoxy) is 1. The van der Waals surface area contributed by atoms with Gasteiger partial charge in [0.05, 0.1) is 0 Å². The molecule has 3 unspecified atom stereocenters. The second-order valence-electron chi connectivity index (χ2n) is 11.2. The Morgan fingerprint density at radius 2 is 1.66 bits per heavy atom. The molecule has 1 aromatic carbocycles. The minimum atomic E-state index is -0.896. The van der Waals surface area contributed by atoms with Crippen molar-refractivity contribution >= 4 is 17.9 Å². The molecule has 216 valence electrons. The summed E-state index contributed by atoms with van der Waals surface area (Å²) in [7, 11) is 0. The Hall–Kier alpha value is -2.77. The number of aromatic hydroxyl groups is 1. The van der Waals surface area contributed by atoms with Gasteiger partial charge in [-0.1, -0.05) is 65.9 Å². The van der Waals surface area contributed by atoms with Crippen molar-refractivity contribution in [1.82, 2.24) is 15.5 Å². The van der Waals surface area contributed by atoms with E-state index in [1.165, 1.54) is 0 Å². The number of aryl methyl sites for hydroxylation is 1. The number of carbonyl (C=O) groups is 3. The van der Waals surface area contributed by atoms with Gasteiger partial charge in [0.15, 0.2) is 0 Å². The van der Waals surface area contributed by atoms with E-state index in [-0.39, 0.29) is 23.5 Å². The lowest BCUT2D eigenvalue weighted by molar-refractivity contribution is -0.143. The van der Waals surface area contributed by atoms with Crippen molar-refractivity contribution in [1.29, 1.82) is 0 Å². The summed E-state index contributed by atoms with van der Waals surface area (Å²) in [6.07, 6.45) is 5.45. The Kier molecular flexibility index (Phi) is 14.2. The van der Waals surface area contributed by atoms with Crippen LogP contribution < -0.4 is 10.6 Å². The number of phenolic OH excluding ortho intramolecular Hbond substituents is 1. The molecule has 0 bridgehead atoms. The molecule has 0 fully saturated rings. The Morgan fingerprint density at radius 1 is 1.03 bits per heavy atom. The summed E-state index contributed by atoms with van der Waals surface area (Å²) in [5.41, 5.74) is 0.536. The van der Waals surface area contributed by atoms with E-state index < -0.39 is 23.8 Å². The molecule has 0 aromatic heterocycles. The highest BCUT2D eigenvalue weighted by Gasteiger charge is 2.38. The summed E-state index contributed by atoms with van der Waals surface area (Å²) in [6, 6.07) is 3.25. The minimum Gasteiger partial charge on any atom is -0.508 e. The zero-order valence-electron chi connectivity index (χ0n) is 24.9. The van der Waals surface area contributed by atoms with Gasteiger partial charge in [0.2, 0.25) is 11.8 Å². The molecule has 0 saturated heterocycles. The third-order valence-corrected chi connectivity index (χ3v) is 6.61. The number of nitrogens with one attached hydrogen (secondary N) is 2. The molecule has 1 aromatic rings. The Bertz CT molecular complexity index is 896. The lowest BCUT2D eigenvalue weighted by Gasteiger charge is -2.36. The molecule has 3 amide bonds. The van der Waals surface area contributed by atoms with Crippen molar-refractivity contribution in [3.05, 3.63) is 29.3 Å². The number of nitrogens with zero attached hydrogens (tertiary/aromatic N) is 1. The number of rotatable bonds is 15. The fraction of sp³-hybridized carbons (Fsp3) is 0.700. The predicted molar refractivity (Wildman–Crippen MR) is 152 cm³/mol. The standard InChI is InChI=1S/C30H51N3O5/c1-9-12-14-18-31-27(35)26(23-16-17-24(34)22(5)20-23)33(19-15-13-10-2)28(36)25(21(4)11-3)32-29(37)38-30(6,7)8/h16-17,20-21,25-26,34H,9-15,18-19H2,1-8H3,(H,31,35)(H,32,37). The molecular formula is C30H51N3O5. The Labute approximate surface area is 229 Å². The van der Waals surface area contributed by atoms with Crippen LogP contribution in [-0.4, -0.2) is 52.6 Å². The van der Waals surface area contributed by atoms with Crippen LogP contribution in [0.4, 0.5) is 4.79 Å². The number of alkyl carbamates (subject to hydrolysis) is 1. The van der Waals surface area contributed by atoms with Crippen molar-refractivity contribution in [3.63, 3.8) is 0 Å². The number of hydrogen-bond donors (Lipinski definition) is 3. The molecule has 0 aliphatic rings. The van der Waals surface area contributed by atoms with Gasteiger partial charge in [-0.05, 0) is 69.7 Å². The van der Waals surface area contributed by atoms with Crippen LogP contribution in [0.25, 0.3) is 0 Å². The molecule has 0 spiro atoms. The fourth-order valence-corrected chi connectivity index (χ4v) is 4.20. The van der Waals surface area contributed by atoms with Gasteiger partial charge < -0.3 is 25.4 Å². The molecule has 38 heavy (non-hydrogen) atoms. The quantitative estimate of drug-likeness (QED) is 0.239. The first-order valence-electron chi connectivity index (χ1n) is 14.2. The largest absolute Gasteiger partial charge is 0.508 e. The first-order valence-corrected chi connectivity index (χ1v) is 14.2. The predicted octanol–water partition coefficient (Wildman–Crippen LogP) is 6.01. The summed E-state index contributed by atoms with van der Waals surface area (Å²) in [5, 5.41) is 15.9. The second kappa shape index (κ2) is 16.2. The van der Waals surface area contributed by atoms with Crippen molar-refractivity contribution in [2.75, 3.05) is 13.1 Å². The zero-order chi connectivity index (χ0) is 28.9. The van der Waals surface area contributed by atoms with E-state index in [1.807, 2.05) is 13.8 Å². The van der Waals surface area contributed by atoms with Gasteiger partial charge in [0, 0.05) is 13.1 Å². The van der Waals surface area contributed by atoms with E-state index >= 15 is 0 Å². The SMILES string of the molecule is CCCCCNC(=O)C(c1ccc(O)c(C)c1)N(CCCCC)C(=O)C(NC(=O)OC(C)(C)C)C(C)CC. The van der Waals surface area contributed by atoms with Gasteiger partial charge in [0.25, 0.3) is 0 Å². The van der Waals surface area contributed by atoms with Crippen LogP contribution in [0.15, 0.2) is 18.2 Å². The van der Waals surface area contributed by atoms with Crippen molar-refractivity contribution in [2.24, 2.45) is 5.92 Å². The van der Waals surface area contributed by atoms with Crippen molar-refractivity contribution in [2.45, 2.75) is 118 Å². The summed E-state index contributed by atoms with van der Waals surface area (Å²) in [6.45, 7) is 16.0. The lowest BCUT2D eigenvalue weighted by atomic mass is 9.95. The highest BCUT2D eigenvalue weighted by Crippen LogP contribution is 2.28. The van der Waals surface area contributed by atoms with E-state index in [4.69, 9.17) is 4.74 Å². The molecule has 3 N–H and O–H groups in total. The van der Waals surface area contributed by atoms with Gasteiger partial charge in [-0.2, -0.15) is 0 Å². The number of benzene rings is 1. The van der Waals surface area contributed by atoms with E-state index in [9.17, 15) is 19.5 Å². The average Bonchev–Trinajstić information content (AvgIpc) is 2.84. The number of amides is 3. The fourth-order valence-electron chi connectivity index (χ4n) is 4.20. The minimum absolute atomic E-state index is 0.129. The Morgan fingerprint density at radius 3 is 2.21 bits per heavy atom. The lowest BCUT2D eigenvalue weighted by Crippen LogP contribution is -2.55. The van der Waals surface area contributed by atoms with Gasteiger partial charge >= 0.3 is 6.09 Å². The first-order chi connectivity index (χ1) is 17.9. The van der Waals surface area contributed by atoms with Gasteiger partial charge in [-0.3, -0.25) is 9.59 Å². The maximum atomic E-state index is 14.2. The summed E-state index contributed by atoms with van der Waals surface area (Å²) >= 11 is 0. The van der Waals surface area contributed by atoms with Gasteiger partial charge in [-0.25, -0.2) is 4.79 Å². The maximum absolute atomic E-state index is 14.2. The van der Waals surface area contributed by atoms with Crippen LogP contribution >= 0.6 is 0 Å². The van der Waals surface area contributed by atoms with Crippen LogP contribution in [0.2, 0.25) is 0 Å². The number of phenols is 1. The monoisotopic (exact) mass is 533 g/mol. The van der Waals surface area contributed by atoms with Crippen LogP contribution in [0.1, 0.15) is 111 Å². The molecule has 0 radical (unpaired) electrons. The number of unbranched alkanes of at least 4 members (excludes halogenated alkanes) is 4. The molecule has 3 atom stereocenters.